The molecule has 1 aromatic heterocycles. The number of hydrogen-bond donors (Lipinski definition) is 0. The van der Waals surface area contributed by atoms with Gasteiger partial charge in [-0.2, -0.15) is 0 Å². The Labute approximate surface area is 137 Å². The second-order valence-corrected chi connectivity index (χ2v) is 7.36. The van der Waals surface area contributed by atoms with Crippen LogP contribution in [0.15, 0.2) is 4.52 Å². The highest BCUT2D eigenvalue weighted by Gasteiger charge is 2.46. The van der Waals surface area contributed by atoms with Gasteiger partial charge in [-0.05, 0) is 27.7 Å². The standard InChI is InChI=1S/C17H27N3O3/c1-12(2)20-10-17(7-16(20)21)9-19(5-6-22-11-17)8-15-13(3)18-23-14(15)4/h12H,5-11H2,1-4H3/t17-/m0/s1. The minimum atomic E-state index is -0.0865. The van der Waals surface area contributed by atoms with E-state index in [-0.39, 0.29) is 17.4 Å². The van der Waals surface area contributed by atoms with Crippen LogP contribution in [-0.2, 0) is 16.1 Å². The molecule has 128 valence electrons. The third-order valence-electron chi connectivity index (χ3n) is 5.06. The van der Waals surface area contributed by atoms with Crippen molar-refractivity contribution in [2.75, 3.05) is 32.8 Å². The molecule has 1 atom stereocenters. The first kappa shape index (κ1) is 16.5. The molecule has 0 aromatic carbocycles. The molecule has 0 radical (unpaired) electrons. The van der Waals surface area contributed by atoms with Crippen LogP contribution in [0.2, 0.25) is 0 Å². The molecule has 0 saturated carbocycles. The number of likely N-dealkylation sites (tertiary alicyclic amines) is 1. The van der Waals surface area contributed by atoms with E-state index in [4.69, 9.17) is 9.26 Å². The van der Waals surface area contributed by atoms with Gasteiger partial charge in [-0.25, -0.2) is 0 Å². The van der Waals surface area contributed by atoms with Gasteiger partial charge in [-0.3, -0.25) is 9.69 Å². The summed E-state index contributed by atoms with van der Waals surface area (Å²) in [5.41, 5.74) is 2.02. The van der Waals surface area contributed by atoms with Crippen molar-refractivity contribution in [2.24, 2.45) is 5.41 Å². The van der Waals surface area contributed by atoms with Crippen LogP contribution in [0.1, 0.15) is 37.3 Å². The first-order chi connectivity index (χ1) is 10.9. The second kappa shape index (κ2) is 6.24. The van der Waals surface area contributed by atoms with E-state index < -0.39 is 0 Å². The van der Waals surface area contributed by atoms with Crippen LogP contribution in [0.3, 0.4) is 0 Å². The fourth-order valence-electron chi connectivity index (χ4n) is 3.77. The van der Waals surface area contributed by atoms with Crippen LogP contribution in [0.25, 0.3) is 0 Å². The molecule has 2 aliphatic heterocycles. The third-order valence-corrected chi connectivity index (χ3v) is 5.06. The molecule has 0 N–H and O–H groups in total. The molecule has 1 spiro atoms. The van der Waals surface area contributed by atoms with Crippen LogP contribution >= 0.6 is 0 Å². The quantitative estimate of drug-likeness (QED) is 0.849. The Morgan fingerprint density at radius 3 is 2.70 bits per heavy atom. The Morgan fingerprint density at radius 1 is 1.30 bits per heavy atom. The van der Waals surface area contributed by atoms with Crippen molar-refractivity contribution in [1.82, 2.24) is 15.0 Å². The summed E-state index contributed by atoms with van der Waals surface area (Å²) < 4.78 is 11.1. The molecule has 6 nitrogen and oxygen atoms in total. The van der Waals surface area contributed by atoms with Crippen molar-refractivity contribution < 1.29 is 14.1 Å². The SMILES string of the molecule is Cc1noc(C)c1CN1CCOC[C@@]2(CC(=O)N(C(C)C)C2)C1. The van der Waals surface area contributed by atoms with Crippen LogP contribution in [0.4, 0.5) is 0 Å². The van der Waals surface area contributed by atoms with Crippen molar-refractivity contribution in [2.45, 2.75) is 46.7 Å². The molecule has 3 heterocycles. The van der Waals surface area contributed by atoms with Crippen LogP contribution < -0.4 is 0 Å². The van der Waals surface area contributed by atoms with Crippen LogP contribution in [0.5, 0.6) is 0 Å². The topological polar surface area (TPSA) is 58.8 Å². The molecule has 2 fully saturated rings. The molecule has 1 aromatic rings. The summed E-state index contributed by atoms with van der Waals surface area (Å²) in [6, 6.07) is 0.251. The monoisotopic (exact) mass is 321 g/mol. The van der Waals surface area contributed by atoms with Crippen molar-refractivity contribution in [3.63, 3.8) is 0 Å². The number of hydrogen-bond acceptors (Lipinski definition) is 5. The Bertz CT molecular complexity index is 564. The summed E-state index contributed by atoms with van der Waals surface area (Å²) in [6.07, 6.45) is 0.587. The number of carbonyl (C=O) groups is 1. The smallest absolute Gasteiger partial charge is 0.223 e. The number of amides is 1. The fraction of sp³-hybridized carbons (Fsp3) is 0.765. The molecular weight excluding hydrogens is 294 g/mol. The normalized spacial score (nSPS) is 26.5. The number of rotatable bonds is 3. The molecule has 6 heteroatoms. The summed E-state index contributed by atoms with van der Waals surface area (Å²) in [7, 11) is 0. The van der Waals surface area contributed by atoms with Crippen molar-refractivity contribution in [1.29, 1.82) is 0 Å². The van der Waals surface area contributed by atoms with E-state index in [1.54, 1.807) is 0 Å². The Morgan fingerprint density at radius 2 is 2.09 bits per heavy atom. The predicted octanol–water partition coefficient (Wildman–Crippen LogP) is 1.75. The van der Waals surface area contributed by atoms with Gasteiger partial charge in [0.25, 0.3) is 0 Å². The number of nitrogens with zero attached hydrogens (tertiary/aromatic N) is 3. The maximum atomic E-state index is 12.4. The average Bonchev–Trinajstić information content (AvgIpc) is 2.88. The highest BCUT2D eigenvalue weighted by atomic mass is 16.5. The minimum Gasteiger partial charge on any atom is -0.379 e. The molecule has 23 heavy (non-hydrogen) atoms. The van der Waals surface area contributed by atoms with E-state index in [9.17, 15) is 4.79 Å². The lowest BCUT2D eigenvalue weighted by Gasteiger charge is -2.32. The summed E-state index contributed by atoms with van der Waals surface area (Å²) in [4.78, 5) is 16.7. The summed E-state index contributed by atoms with van der Waals surface area (Å²) >= 11 is 0. The van der Waals surface area contributed by atoms with E-state index in [1.165, 1.54) is 0 Å². The lowest BCUT2D eigenvalue weighted by atomic mass is 9.87. The molecule has 0 unspecified atom stereocenters. The number of ether oxygens (including phenoxy) is 1. The number of aromatic nitrogens is 1. The largest absolute Gasteiger partial charge is 0.379 e. The first-order valence-corrected chi connectivity index (χ1v) is 8.41. The summed E-state index contributed by atoms with van der Waals surface area (Å²) in [5.74, 6) is 1.14. The molecule has 2 saturated heterocycles. The summed E-state index contributed by atoms with van der Waals surface area (Å²) in [5, 5.41) is 4.05. The lowest BCUT2D eigenvalue weighted by Crippen LogP contribution is -2.41. The van der Waals surface area contributed by atoms with Crippen LogP contribution in [0, 0.1) is 19.3 Å². The van der Waals surface area contributed by atoms with E-state index >= 15 is 0 Å². The molecule has 3 rings (SSSR count). The van der Waals surface area contributed by atoms with Crippen LogP contribution in [-0.4, -0.2) is 59.8 Å². The third kappa shape index (κ3) is 3.28. The molecule has 1 amide bonds. The van der Waals surface area contributed by atoms with E-state index in [0.29, 0.717) is 19.6 Å². The van der Waals surface area contributed by atoms with Gasteiger partial charge in [0.1, 0.15) is 5.76 Å². The zero-order chi connectivity index (χ0) is 16.6. The lowest BCUT2D eigenvalue weighted by molar-refractivity contribution is -0.129. The average molecular weight is 321 g/mol. The summed E-state index contributed by atoms with van der Waals surface area (Å²) in [6.45, 7) is 12.8. The Kier molecular flexibility index (Phi) is 4.47. The van der Waals surface area contributed by atoms with Gasteiger partial charge in [-0.1, -0.05) is 5.16 Å². The van der Waals surface area contributed by atoms with Gasteiger partial charge >= 0.3 is 0 Å². The van der Waals surface area contributed by atoms with E-state index in [0.717, 1.165) is 43.2 Å². The maximum absolute atomic E-state index is 12.4. The van der Waals surface area contributed by atoms with Crippen molar-refractivity contribution in [3.8, 4) is 0 Å². The van der Waals surface area contributed by atoms with Crippen molar-refractivity contribution in [3.05, 3.63) is 17.0 Å². The zero-order valence-electron chi connectivity index (χ0n) is 14.6. The fourth-order valence-corrected chi connectivity index (χ4v) is 3.77. The Balaban J connectivity index is 1.75. The molecule has 2 aliphatic rings. The molecule has 0 bridgehead atoms. The molecule has 0 aliphatic carbocycles. The van der Waals surface area contributed by atoms with Gasteiger partial charge in [0, 0.05) is 49.6 Å². The predicted molar refractivity (Wildman–Crippen MR) is 86.0 cm³/mol. The minimum absolute atomic E-state index is 0.0865. The van der Waals surface area contributed by atoms with Crippen molar-refractivity contribution >= 4 is 5.91 Å². The van der Waals surface area contributed by atoms with Gasteiger partial charge in [0.15, 0.2) is 0 Å². The van der Waals surface area contributed by atoms with Gasteiger partial charge in [0.2, 0.25) is 5.91 Å². The maximum Gasteiger partial charge on any atom is 0.223 e. The van der Waals surface area contributed by atoms with Gasteiger partial charge < -0.3 is 14.2 Å². The van der Waals surface area contributed by atoms with E-state index in [1.807, 2.05) is 18.7 Å². The Hall–Kier alpha value is -1.40. The van der Waals surface area contributed by atoms with E-state index in [2.05, 4.69) is 23.9 Å². The first-order valence-electron chi connectivity index (χ1n) is 8.41. The second-order valence-electron chi connectivity index (χ2n) is 7.36. The van der Waals surface area contributed by atoms with Gasteiger partial charge in [0.05, 0.1) is 18.9 Å². The molecular formula is C17H27N3O3. The highest BCUT2D eigenvalue weighted by Crippen LogP contribution is 2.35. The highest BCUT2D eigenvalue weighted by molar-refractivity contribution is 5.79. The number of aryl methyl sites for hydroxylation is 2. The number of carbonyl (C=O) groups excluding carboxylic acids is 1. The zero-order valence-corrected chi connectivity index (χ0v) is 14.6. The van der Waals surface area contributed by atoms with Gasteiger partial charge in [-0.15, -0.1) is 0 Å².